The first-order chi connectivity index (χ1) is 17.4. The van der Waals surface area contributed by atoms with Crippen LogP contribution >= 0.6 is 0 Å². The molecular formula is C28H28N4O3S. The van der Waals surface area contributed by atoms with Gasteiger partial charge in [0.2, 0.25) is 10.0 Å². The van der Waals surface area contributed by atoms with E-state index in [-0.39, 0.29) is 24.7 Å². The molecule has 2 heterocycles. The Kier molecular flexibility index (Phi) is 6.71. The SMILES string of the molecule is Cn1nc(CN(C(=O)c2ccccc2)c2ccccc2)c2c1CCN(S(=O)(=O)Cc1ccccc1)C2. The number of hydrogen-bond donors (Lipinski definition) is 0. The zero-order valence-corrected chi connectivity index (χ0v) is 20.9. The highest BCUT2D eigenvalue weighted by atomic mass is 32.2. The number of anilines is 1. The summed E-state index contributed by atoms with van der Waals surface area (Å²) in [5, 5.41) is 4.74. The van der Waals surface area contributed by atoms with Gasteiger partial charge in [0.1, 0.15) is 0 Å². The Morgan fingerprint density at radius 3 is 2.19 bits per heavy atom. The molecule has 8 heteroatoms. The van der Waals surface area contributed by atoms with Crippen LogP contribution in [0.4, 0.5) is 5.69 Å². The summed E-state index contributed by atoms with van der Waals surface area (Å²) in [6.07, 6.45) is 0.574. The summed E-state index contributed by atoms with van der Waals surface area (Å²) in [7, 11) is -1.63. The van der Waals surface area contributed by atoms with Crippen LogP contribution in [0, 0.1) is 0 Å². The summed E-state index contributed by atoms with van der Waals surface area (Å²) in [5.41, 5.74) is 4.70. The highest BCUT2D eigenvalue weighted by Gasteiger charge is 2.32. The number of fused-ring (bicyclic) bond motifs is 1. The summed E-state index contributed by atoms with van der Waals surface area (Å²) >= 11 is 0. The fraction of sp³-hybridized carbons (Fsp3) is 0.214. The van der Waals surface area contributed by atoms with E-state index in [1.54, 1.807) is 21.3 Å². The van der Waals surface area contributed by atoms with Gasteiger partial charge in [-0.15, -0.1) is 0 Å². The van der Waals surface area contributed by atoms with E-state index in [9.17, 15) is 13.2 Å². The summed E-state index contributed by atoms with van der Waals surface area (Å²) in [6, 6.07) is 27.9. The van der Waals surface area contributed by atoms with Gasteiger partial charge in [-0.2, -0.15) is 9.40 Å². The minimum absolute atomic E-state index is 0.0403. The van der Waals surface area contributed by atoms with Gasteiger partial charge in [-0.25, -0.2) is 8.42 Å². The van der Waals surface area contributed by atoms with Crippen molar-refractivity contribution in [1.82, 2.24) is 14.1 Å². The number of nitrogens with zero attached hydrogens (tertiary/aromatic N) is 4. The van der Waals surface area contributed by atoms with E-state index in [2.05, 4.69) is 0 Å². The Morgan fingerprint density at radius 1 is 0.917 bits per heavy atom. The first-order valence-corrected chi connectivity index (χ1v) is 13.5. The lowest BCUT2D eigenvalue weighted by Crippen LogP contribution is -2.37. The molecule has 1 aliphatic heterocycles. The molecular weight excluding hydrogens is 472 g/mol. The maximum atomic E-state index is 13.5. The number of carbonyl (C=O) groups excluding carboxylic acids is 1. The number of para-hydroxylation sites is 1. The van der Waals surface area contributed by atoms with E-state index in [0.29, 0.717) is 24.2 Å². The molecule has 3 aromatic carbocycles. The average molecular weight is 501 g/mol. The first-order valence-electron chi connectivity index (χ1n) is 11.9. The maximum Gasteiger partial charge on any atom is 0.258 e. The van der Waals surface area contributed by atoms with Gasteiger partial charge in [0.15, 0.2) is 0 Å². The molecule has 184 valence electrons. The van der Waals surface area contributed by atoms with Crippen LogP contribution in [-0.4, -0.2) is 35.0 Å². The van der Waals surface area contributed by atoms with Gasteiger partial charge in [-0.1, -0.05) is 66.7 Å². The molecule has 5 rings (SSSR count). The predicted octanol–water partition coefficient (Wildman–Crippen LogP) is 4.16. The lowest BCUT2D eigenvalue weighted by molar-refractivity contribution is 0.0984. The van der Waals surface area contributed by atoms with Crippen molar-refractivity contribution in [2.24, 2.45) is 7.05 Å². The van der Waals surface area contributed by atoms with Crippen molar-refractivity contribution >= 4 is 21.6 Å². The number of aryl methyl sites for hydroxylation is 1. The van der Waals surface area contributed by atoms with Crippen LogP contribution in [-0.2, 0) is 42.3 Å². The van der Waals surface area contributed by atoms with Gasteiger partial charge in [0.25, 0.3) is 5.91 Å². The molecule has 0 atom stereocenters. The highest BCUT2D eigenvalue weighted by molar-refractivity contribution is 7.88. The molecule has 0 aliphatic carbocycles. The fourth-order valence-corrected chi connectivity index (χ4v) is 6.15. The van der Waals surface area contributed by atoms with E-state index < -0.39 is 10.0 Å². The van der Waals surface area contributed by atoms with Gasteiger partial charge in [0, 0.05) is 49.1 Å². The highest BCUT2D eigenvalue weighted by Crippen LogP contribution is 2.28. The van der Waals surface area contributed by atoms with Crippen molar-refractivity contribution in [2.45, 2.75) is 25.3 Å². The van der Waals surface area contributed by atoms with Crippen LogP contribution in [0.2, 0.25) is 0 Å². The molecule has 0 fully saturated rings. The van der Waals surface area contributed by atoms with E-state index in [4.69, 9.17) is 5.10 Å². The molecule has 0 spiro atoms. The quantitative estimate of drug-likeness (QED) is 0.382. The van der Waals surface area contributed by atoms with Crippen LogP contribution < -0.4 is 4.90 Å². The van der Waals surface area contributed by atoms with Crippen LogP contribution in [0.5, 0.6) is 0 Å². The number of benzene rings is 3. The first kappa shape index (κ1) is 24.0. The normalized spacial score (nSPS) is 13.8. The molecule has 0 bridgehead atoms. The Labute approximate surface area is 211 Å². The molecule has 7 nitrogen and oxygen atoms in total. The zero-order valence-electron chi connectivity index (χ0n) is 20.1. The van der Waals surface area contributed by atoms with Gasteiger partial charge in [0.05, 0.1) is 18.0 Å². The molecule has 1 aliphatic rings. The number of rotatable bonds is 7. The third-order valence-corrected chi connectivity index (χ3v) is 8.31. The second kappa shape index (κ2) is 10.1. The van der Waals surface area contributed by atoms with Crippen molar-refractivity contribution in [1.29, 1.82) is 0 Å². The smallest absolute Gasteiger partial charge is 0.258 e. The van der Waals surface area contributed by atoms with Gasteiger partial charge >= 0.3 is 0 Å². The number of amides is 1. The molecule has 0 saturated heterocycles. The topological polar surface area (TPSA) is 75.5 Å². The standard InChI is InChI=1S/C28H28N4O3S/c1-30-27-17-18-31(36(34,35)21-22-11-5-2-6-12-22)19-25(27)26(29-30)20-32(24-15-9-4-10-16-24)28(33)23-13-7-3-8-14-23/h2-16H,17-21H2,1H3. The Balaban J connectivity index is 1.45. The minimum atomic E-state index is -3.51. The lowest BCUT2D eigenvalue weighted by atomic mass is 10.1. The van der Waals surface area contributed by atoms with Crippen molar-refractivity contribution in [3.05, 3.63) is 119 Å². The third kappa shape index (κ3) is 4.96. The molecule has 1 amide bonds. The fourth-order valence-electron chi connectivity index (χ4n) is 4.66. The number of aromatic nitrogens is 2. The van der Waals surface area contributed by atoms with Crippen LogP contribution in [0.15, 0.2) is 91.0 Å². The largest absolute Gasteiger partial charge is 0.302 e. The van der Waals surface area contributed by atoms with E-state index in [1.165, 1.54) is 0 Å². The summed E-state index contributed by atoms with van der Waals surface area (Å²) in [5.74, 6) is -0.174. The molecule has 0 radical (unpaired) electrons. The third-order valence-electron chi connectivity index (χ3n) is 6.52. The van der Waals surface area contributed by atoms with Crippen molar-refractivity contribution in [3.8, 4) is 0 Å². The summed E-state index contributed by atoms with van der Waals surface area (Å²) in [6.45, 7) is 0.899. The molecule has 4 aromatic rings. The molecule has 0 unspecified atom stereocenters. The van der Waals surface area contributed by atoms with E-state index in [1.807, 2.05) is 90.6 Å². The number of hydrogen-bond acceptors (Lipinski definition) is 4. The monoisotopic (exact) mass is 500 g/mol. The van der Waals surface area contributed by atoms with Crippen molar-refractivity contribution in [2.75, 3.05) is 11.4 Å². The average Bonchev–Trinajstić information content (AvgIpc) is 3.22. The Morgan fingerprint density at radius 2 is 1.53 bits per heavy atom. The molecule has 36 heavy (non-hydrogen) atoms. The van der Waals surface area contributed by atoms with Crippen molar-refractivity contribution in [3.63, 3.8) is 0 Å². The summed E-state index contributed by atoms with van der Waals surface area (Å²) in [4.78, 5) is 15.2. The lowest BCUT2D eigenvalue weighted by Gasteiger charge is -2.28. The predicted molar refractivity (Wildman–Crippen MR) is 140 cm³/mol. The van der Waals surface area contributed by atoms with E-state index in [0.717, 1.165) is 22.5 Å². The maximum absolute atomic E-state index is 13.5. The second-order valence-electron chi connectivity index (χ2n) is 8.91. The van der Waals surface area contributed by atoms with Crippen LogP contribution in [0.1, 0.15) is 32.9 Å². The Hall–Kier alpha value is -3.75. The number of carbonyl (C=O) groups is 1. The minimum Gasteiger partial charge on any atom is -0.302 e. The molecule has 0 saturated carbocycles. The number of sulfonamides is 1. The van der Waals surface area contributed by atoms with Gasteiger partial charge in [-0.05, 0) is 29.8 Å². The Bertz CT molecular complexity index is 1450. The zero-order chi connectivity index (χ0) is 25.1. The van der Waals surface area contributed by atoms with Crippen molar-refractivity contribution < 1.29 is 13.2 Å². The van der Waals surface area contributed by atoms with Gasteiger partial charge < -0.3 is 4.90 Å². The van der Waals surface area contributed by atoms with Crippen LogP contribution in [0.3, 0.4) is 0 Å². The summed E-state index contributed by atoms with van der Waals surface area (Å²) < 4.78 is 29.9. The second-order valence-corrected chi connectivity index (χ2v) is 10.9. The van der Waals surface area contributed by atoms with Crippen LogP contribution in [0.25, 0.3) is 0 Å². The molecule has 1 aromatic heterocycles. The van der Waals surface area contributed by atoms with E-state index >= 15 is 0 Å². The van der Waals surface area contributed by atoms with Gasteiger partial charge in [-0.3, -0.25) is 9.48 Å². The molecule has 0 N–H and O–H groups in total.